The number of amides is 2. The smallest absolute Gasteiger partial charge is 0.319 e. The lowest BCUT2D eigenvalue weighted by molar-refractivity contribution is 0.213. The molecule has 0 aromatic heterocycles. The zero-order chi connectivity index (χ0) is 18.5. The highest BCUT2D eigenvalue weighted by Gasteiger charge is 2.18. The fourth-order valence-corrected chi connectivity index (χ4v) is 3.76. The topological polar surface area (TPSA) is 50.9 Å². The number of piperazine rings is 1. The van der Waals surface area contributed by atoms with Crippen molar-refractivity contribution in [1.29, 1.82) is 0 Å². The summed E-state index contributed by atoms with van der Waals surface area (Å²) in [6, 6.07) is 6.23. The molecule has 2 aliphatic heterocycles. The fourth-order valence-electron chi connectivity index (χ4n) is 3.76. The van der Waals surface area contributed by atoms with Crippen LogP contribution >= 0.6 is 0 Å². The van der Waals surface area contributed by atoms with Crippen LogP contribution in [-0.2, 0) is 0 Å². The van der Waals surface area contributed by atoms with E-state index in [-0.39, 0.29) is 6.03 Å². The van der Waals surface area contributed by atoms with Gasteiger partial charge in [0, 0.05) is 44.1 Å². The lowest BCUT2D eigenvalue weighted by Crippen LogP contribution is -2.44. The van der Waals surface area contributed by atoms with Crippen LogP contribution in [0.5, 0.6) is 0 Å². The number of piperidine rings is 1. The number of likely N-dealkylation sites (tertiary alicyclic amines) is 1. The quantitative estimate of drug-likeness (QED) is 0.865. The Morgan fingerprint density at radius 1 is 1.00 bits per heavy atom. The standard InChI is InChI=1S/C20H33N5O/c1-16-12-18(14-19(13-16)25-10-8-24(3)9-11-25)22-20(26)21-15-17-4-6-23(2)7-5-17/h12-14,17H,4-11,15H2,1-3H3,(H2,21,22,26). The highest BCUT2D eigenvalue weighted by molar-refractivity contribution is 5.90. The van der Waals surface area contributed by atoms with E-state index in [9.17, 15) is 4.79 Å². The molecule has 0 atom stereocenters. The molecule has 2 heterocycles. The van der Waals surface area contributed by atoms with Gasteiger partial charge in [-0.25, -0.2) is 4.79 Å². The summed E-state index contributed by atoms with van der Waals surface area (Å²) in [6.07, 6.45) is 2.32. The molecule has 6 heteroatoms. The minimum atomic E-state index is -0.0983. The first-order valence-electron chi connectivity index (χ1n) is 9.78. The zero-order valence-corrected chi connectivity index (χ0v) is 16.4. The predicted octanol–water partition coefficient (Wildman–Crippen LogP) is 2.21. The van der Waals surface area contributed by atoms with Crippen molar-refractivity contribution in [1.82, 2.24) is 15.1 Å². The third-order valence-corrected chi connectivity index (χ3v) is 5.58. The molecular weight excluding hydrogens is 326 g/mol. The largest absolute Gasteiger partial charge is 0.369 e. The molecule has 1 aromatic rings. The number of carbonyl (C=O) groups excluding carboxylic acids is 1. The molecule has 3 rings (SSSR count). The van der Waals surface area contributed by atoms with Crippen LogP contribution in [0, 0.1) is 12.8 Å². The molecule has 0 spiro atoms. The monoisotopic (exact) mass is 359 g/mol. The number of nitrogens with zero attached hydrogens (tertiary/aromatic N) is 3. The Bertz CT molecular complexity index is 604. The van der Waals surface area contributed by atoms with Crippen LogP contribution in [0.4, 0.5) is 16.2 Å². The van der Waals surface area contributed by atoms with Crippen LogP contribution < -0.4 is 15.5 Å². The van der Waals surface area contributed by atoms with E-state index in [4.69, 9.17) is 0 Å². The van der Waals surface area contributed by atoms with Crippen molar-refractivity contribution < 1.29 is 4.79 Å². The number of rotatable bonds is 4. The Morgan fingerprint density at radius 2 is 1.65 bits per heavy atom. The van der Waals surface area contributed by atoms with E-state index >= 15 is 0 Å². The Kier molecular flexibility index (Phi) is 6.38. The average molecular weight is 360 g/mol. The molecule has 0 unspecified atom stereocenters. The Balaban J connectivity index is 1.53. The summed E-state index contributed by atoms with van der Waals surface area (Å²) >= 11 is 0. The number of nitrogens with one attached hydrogen (secondary N) is 2. The second-order valence-corrected chi connectivity index (χ2v) is 7.93. The van der Waals surface area contributed by atoms with Gasteiger partial charge in [0.05, 0.1) is 0 Å². The molecule has 2 N–H and O–H groups in total. The van der Waals surface area contributed by atoms with Crippen molar-refractivity contribution >= 4 is 17.4 Å². The van der Waals surface area contributed by atoms with Crippen molar-refractivity contribution in [3.63, 3.8) is 0 Å². The lowest BCUT2D eigenvalue weighted by atomic mass is 9.97. The number of carbonyl (C=O) groups is 1. The first kappa shape index (κ1) is 19.0. The molecule has 6 nitrogen and oxygen atoms in total. The van der Waals surface area contributed by atoms with E-state index in [1.54, 1.807) is 0 Å². The number of aryl methyl sites for hydroxylation is 1. The normalized spacial score (nSPS) is 20.2. The molecule has 0 saturated carbocycles. The van der Waals surface area contributed by atoms with Crippen LogP contribution in [-0.4, -0.2) is 75.7 Å². The van der Waals surface area contributed by atoms with Crippen molar-refractivity contribution in [2.75, 3.05) is 70.1 Å². The molecule has 0 aliphatic carbocycles. The van der Waals surface area contributed by atoms with Gasteiger partial charge in [0.2, 0.25) is 0 Å². The van der Waals surface area contributed by atoms with E-state index < -0.39 is 0 Å². The minimum Gasteiger partial charge on any atom is -0.369 e. The molecule has 26 heavy (non-hydrogen) atoms. The van der Waals surface area contributed by atoms with Gasteiger partial charge in [-0.05, 0) is 76.6 Å². The van der Waals surface area contributed by atoms with Crippen molar-refractivity contribution in [3.05, 3.63) is 23.8 Å². The summed E-state index contributed by atoms with van der Waals surface area (Å²) in [5.41, 5.74) is 3.25. The molecule has 1 aromatic carbocycles. The van der Waals surface area contributed by atoms with Gasteiger partial charge in [-0.15, -0.1) is 0 Å². The summed E-state index contributed by atoms with van der Waals surface area (Å²) in [5, 5.41) is 6.07. The van der Waals surface area contributed by atoms with Gasteiger partial charge in [-0.2, -0.15) is 0 Å². The maximum Gasteiger partial charge on any atom is 0.319 e. The molecular formula is C20H33N5O. The highest BCUT2D eigenvalue weighted by Crippen LogP contribution is 2.23. The van der Waals surface area contributed by atoms with E-state index in [2.05, 4.69) is 58.5 Å². The molecule has 2 amide bonds. The second kappa shape index (κ2) is 8.73. The number of urea groups is 1. The molecule has 0 bridgehead atoms. The molecule has 0 radical (unpaired) electrons. The molecule has 2 aliphatic rings. The van der Waals surface area contributed by atoms with Crippen molar-refractivity contribution in [2.45, 2.75) is 19.8 Å². The number of hydrogen-bond acceptors (Lipinski definition) is 4. The Hall–Kier alpha value is -1.79. The molecule has 2 saturated heterocycles. The third-order valence-electron chi connectivity index (χ3n) is 5.58. The van der Waals surface area contributed by atoms with Gasteiger partial charge in [-0.1, -0.05) is 0 Å². The van der Waals surface area contributed by atoms with E-state index in [1.807, 2.05) is 6.07 Å². The van der Waals surface area contributed by atoms with Crippen LogP contribution in [0.1, 0.15) is 18.4 Å². The van der Waals surface area contributed by atoms with Crippen molar-refractivity contribution in [2.24, 2.45) is 5.92 Å². The number of likely N-dealkylation sites (N-methyl/N-ethyl adjacent to an activating group) is 1. The van der Waals surface area contributed by atoms with Crippen LogP contribution in [0.25, 0.3) is 0 Å². The SMILES string of the molecule is Cc1cc(NC(=O)NCC2CCN(C)CC2)cc(N2CCN(C)CC2)c1. The van der Waals surface area contributed by atoms with E-state index in [1.165, 1.54) is 11.3 Å². The maximum absolute atomic E-state index is 12.3. The first-order valence-corrected chi connectivity index (χ1v) is 9.78. The number of hydrogen-bond donors (Lipinski definition) is 2. The number of benzene rings is 1. The van der Waals surface area contributed by atoms with E-state index in [0.717, 1.165) is 64.3 Å². The van der Waals surface area contributed by atoms with Gasteiger partial charge in [0.25, 0.3) is 0 Å². The summed E-state index contributed by atoms with van der Waals surface area (Å²) in [7, 11) is 4.32. The number of anilines is 2. The van der Waals surface area contributed by atoms with Crippen molar-refractivity contribution in [3.8, 4) is 0 Å². The highest BCUT2D eigenvalue weighted by atomic mass is 16.2. The molecule has 2 fully saturated rings. The molecule has 144 valence electrons. The van der Waals surface area contributed by atoms with Gasteiger partial charge >= 0.3 is 6.03 Å². The Labute approximate surface area is 157 Å². The summed E-state index contributed by atoms with van der Waals surface area (Å²) in [6.45, 7) is 9.31. The average Bonchev–Trinajstić information content (AvgIpc) is 2.61. The summed E-state index contributed by atoms with van der Waals surface area (Å²) < 4.78 is 0. The van der Waals surface area contributed by atoms with Crippen LogP contribution in [0.2, 0.25) is 0 Å². The van der Waals surface area contributed by atoms with Gasteiger partial charge in [0.15, 0.2) is 0 Å². The predicted molar refractivity (Wildman–Crippen MR) is 108 cm³/mol. The Morgan fingerprint density at radius 3 is 2.35 bits per heavy atom. The maximum atomic E-state index is 12.3. The van der Waals surface area contributed by atoms with E-state index in [0.29, 0.717) is 5.92 Å². The lowest BCUT2D eigenvalue weighted by Gasteiger charge is -2.34. The second-order valence-electron chi connectivity index (χ2n) is 7.93. The zero-order valence-electron chi connectivity index (χ0n) is 16.4. The minimum absolute atomic E-state index is 0.0983. The van der Waals surface area contributed by atoms with Crippen LogP contribution in [0.3, 0.4) is 0 Å². The fraction of sp³-hybridized carbons (Fsp3) is 0.650. The summed E-state index contributed by atoms with van der Waals surface area (Å²) in [5.74, 6) is 0.593. The van der Waals surface area contributed by atoms with Gasteiger partial charge < -0.3 is 25.3 Å². The third kappa shape index (κ3) is 5.35. The van der Waals surface area contributed by atoms with Gasteiger partial charge in [0.1, 0.15) is 0 Å². The first-order chi connectivity index (χ1) is 12.5. The summed E-state index contributed by atoms with van der Waals surface area (Å²) in [4.78, 5) is 19.4. The van der Waals surface area contributed by atoms with Gasteiger partial charge in [-0.3, -0.25) is 0 Å². The van der Waals surface area contributed by atoms with Crippen LogP contribution in [0.15, 0.2) is 18.2 Å².